The van der Waals surface area contributed by atoms with Gasteiger partial charge in [0, 0.05) is 26.2 Å². The number of carbonyl (C=O) groups is 1. The van der Waals surface area contributed by atoms with Crippen molar-refractivity contribution in [2.24, 2.45) is 0 Å². The normalized spacial score (nSPS) is 26.7. The van der Waals surface area contributed by atoms with Crippen molar-refractivity contribution in [3.8, 4) is 0 Å². The third-order valence-corrected chi connectivity index (χ3v) is 3.40. The predicted octanol–water partition coefficient (Wildman–Crippen LogP) is -0.423. The molecule has 1 amide bonds. The molecule has 0 saturated carbocycles. The first-order chi connectivity index (χ1) is 8.36. The van der Waals surface area contributed by atoms with Crippen LogP contribution in [0.1, 0.15) is 19.3 Å². The number of rotatable bonds is 4. The van der Waals surface area contributed by atoms with E-state index in [-0.39, 0.29) is 12.0 Å². The van der Waals surface area contributed by atoms with Crippen LogP contribution >= 0.6 is 0 Å². The third kappa shape index (κ3) is 4.26. The molecule has 0 aromatic heterocycles. The lowest BCUT2D eigenvalue weighted by Gasteiger charge is -2.27. The van der Waals surface area contributed by atoms with E-state index >= 15 is 0 Å². The van der Waals surface area contributed by atoms with Crippen molar-refractivity contribution in [2.45, 2.75) is 25.4 Å². The van der Waals surface area contributed by atoms with Crippen LogP contribution in [-0.4, -0.2) is 62.8 Å². The second-order valence-electron chi connectivity index (χ2n) is 4.76. The zero-order valence-electron chi connectivity index (χ0n) is 10.4. The molecule has 5 nitrogen and oxygen atoms in total. The zero-order chi connectivity index (χ0) is 11.9. The van der Waals surface area contributed by atoms with Crippen LogP contribution in [0.15, 0.2) is 0 Å². The maximum Gasteiger partial charge on any atom is 0.250 e. The van der Waals surface area contributed by atoms with E-state index in [1.54, 1.807) is 0 Å². The van der Waals surface area contributed by atoms with Crippen LogP contribution in [-0.2, 0) is 9.53 Å². The van der Waals surface area contributed by atoms with Gasteiger partial charge in [-0.2, -0.15) is 0 Å². The fourth-order valence-electron chi connectivity index (χ4n) is 2.37. The molecular weight excluding hydrogens is 218 g/mol. The van der Waals surface area contributed by atoms with Crippen molar-refractivity contribution in [3.63, 3.8) is 0 Å². The van der Waals surface area contributed by atoms with Gasteiger partial charge in [-0.15, -0.1) is 0 Å². The molecule has 1 unspecified atom stereocenters. The van der Waals surface area contributed by atoms with Crippen molar-refractivity contribution in [3.05, 3.63) is 0 Å². The van der Waals surface area contributed by atoms with E-state index in [4.69, 9.17) is 4.74 Å². The first kappa shape index (κ1) is 12.8. The van der Waals surface area contributed by atoms with Crippen LogP contribution < -0.4 is 10.6 Å². The summed E-state index contributed by atoms with van der Waals surface area (Å²) in [7, 11) is 0. The molecule has 5 heteroatoms. The number of hydrogen-bond acceptors (Lipinski definition) is 4. The third-order valence-electron chi connectivity index (χ3n) is 3.40. The van der Waals surface area contributed by atoms with E-state index < -0.39 is 0 Å². The van der Waals surface area contributed by atoms with E-state index in [0.29, 0.717) is 13.2 Å². The summed E-state index contributed by atoms with van der Waals surface area (Å²) in [6.07, 6.45) is 3.64. The van der Waals surface area contributed by atoms with Gasteiger partial charge in [-0.25, -0.2) is 0 Å². The van der Waals surface area contributed by atoms with Gasteiger partial charge < -0.3 is 20.3 Å². The van der Waals surface area contributed by atoms with Crippen LogP contribution in [0.4, 0.5) is 0 Å². The summed E-state index contributed by atoms with van der Waals surface area (Å²) in [5.41, 5.74) is 0. The quantitative estimate of drug-likeness (QED) is 0.702. The number of amides is 1. The molecule has 1 atom stereocenters. The van der Waals surface area contributed by atoms with Crippen molar-refractivity contribution in [1.29, 1.82) is 0 Å². The second kappa shape index (κ2) is 6.93. The topological polar surface area (TPSA) is 53.6 Å². The van der Waals surface area contributed by atoms with Gasteiger partial charge in [0.25, 0.3) is 5.91 Å². The molecule has 0 bridgehead atoms. The molecule has 2 aliphatic rings. The fraction of sp³-hybridized carbons (Fsp3) is 0.917. The van der Waals surface area contributed by atoms with Crippen LogP contribution in [0.5, 0.6) is 0 Å². The lowest BCUT2D eigenvalue weighted by atomic mass is 10.1. The number of carbonyl (C=O) groups excluding carboxylic acids is 1. The Morgan fingerprint density at radius 2 is 2.18 bits per heavy atom. The Hall–Kier alpha value is -0.650. The highest BCUT2D eigenvalue weighted by molar-refractivity contribution is 5.81. The molecule has 2 rings (SSSR count). The summed E-state index contributed by atoms with van der Waals surface area (Å²) >= 11 is 0. The van der Waals surface area contributed by atoms with E-state index in [2.05, 4.69) is 15.5 Å². The number of piperidine rings is 1. The Balaban J connectivity index is 1.58. The van der Waals surface area contributed by atoms with Crippen LogP contribution in [0.25, 0.3) is 0 Å². The van der Waals surface area contributed by atoms with Crippen LogP contribution in [0.3, 0.4) is 0 Å². The predicted molar refractivity (Wildman–Crippen MR) is 65.9 cm³/mol. The maximum absolute atomic E-state index is 11.7. The summed E-state index contributed by atoms with van der Waals surface area (Å²) in [5, 5.41) is 6.11. The summed E-state index contributed by atoms with van der Waals surface area (Å²) < 4.78 is 5.39. The first-order valence-electron chi connectivity index (χ1n) is 6.68. The molecule has 0 radical (unpaired) electrons. The van der Waals surface area contributed by atoms with Crippen molar-refractivity contribution in [2.75, 3.05) is 45.9 Å². The Bertz CT molecular complexity index is 236. The number of ether oxygens (including phenoxy) is 1. The van der Waals surface area contributed by atoms with Gasteiger partial charge in [0.2, 0.25) is 0 Å². The van der Waals surface area contributed by atoms with Gasteiger partial charge in [-0.05, 0) is 25.9 Å². The van der Waals surface area contributed by atoms with E-state index in [0.717, 1.165) is 19.6 Å². The van der Waals surface area contributed by atoms with Gasteiger partial charge in [0.15, 0.2) is 0 Å². The number of nitrogens with zero attached hydrogens (tertiary/aromatic N) is 1. The minimum Gasteiger partial charge on any atom is -0.366 e. The van der Waals surface area contributed by atoms with Gasteiger partial charge in [0.05, 0.1) is 6.61 Å². The van der Waals surface area contributed by atoms with Crippen molar-refractivity contribution in [1.82, 2.24) is 15.5 Å². The zero-order valence-corrected chi connectivity index (χ0v) is 10.4. The monoisotopic (exact) mass is 241 g/mol. The molecule has 17 heavy (non-hydrogen) atoms. The summed E-state index contributed by atoms with van der Waals surface area (Å²) in [6, 6.07) is 0. The largest absolute Gasteiger partial charge is 0.366 e. The standard InChI is InChI=1S/C12H23N3O2/c16-12(11-10-13-5-9-17-11)14-4-8-15-6-2-1-3-7-15/h11,13H,1-10H2,(H,14,16). The highest BCUT2D eigenvalue weighted by Gasteiger charge is 2.21. The molecule has 98 valence electrons. The Labute approximate surface area is 103 Å². The number of nitrogens with one attached hydrogen (secondary N) is 2. The molecule has 2 heterocycles. The molecule has 0 aliphatic carbocycles. The summed E-state index contributed by atoms with van der Waals surface area (Å²) in [4.78, 5) is 14.2. The average Bonchev–Trinajstić information content (AvgIpc) is 2.41. The van der Waals surface area contributed by atoms with Crippen molar-refractivity contribution >= 4 is 5.91 Å². The molecule has 2 fully saturated rings. The highest BCUT2D eigenvalue weighted by atomic mass is 16.5. The Kier molecular flexibility index (Phi) is 5.22. The highest BCUT2D eigenvalue weighted by Crippen LogP contribution is 2.07. The summed E-state index contributed by atoms with van der Waals surface area (Å²) in [5.74, 6) is 0.0224. The smallest absolute Gasteiger partial charge is 0.250 e. The van der Waals surface area contributed by atoms with E-state index in [1.807, 2.05) is 0 Å². The van der Waals surface area contributed by atoms with Gasteiger partial charge in [-0.3, -0.25) is 4.79 Å². The number of morpholine rings is 1. The maximum atomic E-state index is 11.7. The van der Waals surface area contributed by atoms with Crippen LogP contribution in [0, 0.1) is 0 Å². The minimum absolute atomic E-state index is 0.0224. The van der Waals surface area contributed by atoms with Gasteiger partial charge in [0.1, 0.15) is 6.10 Å². The number of likely N-dealkylation sites (tertiary alicyclic amines) is 1. The second-order valence-corrected chi connectivity index (χ2v) is 4.76. The molecule has 2 aliphatic heterocycles. The molecule has 2 saturated heterocycles. The van der Waals surface area contributed by atoms with Crippen molar-refractivity contribution < 1.29 is 9.53 Å². The Morgan fingerprint density at radius 1 is 1.35 bits per heavy atom. The SMILES string of the molecule is O=C(NCCN1CCCCC1)C1CNCCO1. The van der Waals surface area contributed by atoms with E-state index in [1.165, 1.54) is 32.4 Å². The average molecular weight is 241 g/mol. The van der Waals surface area contributed by atoms with E-state index in [9.17, 15) is 4.79 Å². The minimum atomic E-state index is -0.301. The van der Waals surface area contributed by atoms with Crippen LogP contribution in [0.2, 0.25) is 0 Å². The summed E-state index contributed by atoms with van der Waals surface area (Å²) in [6.45, 7) is 6.16. The number of hydrogen-bond donors (Lipinski definition) is 2. The lowest BCUT2D eigenvalue weighted by Crippen LogP contribution is -2.49. The fourth-order valence-corrected chi connectivity index (χ4v) is 2.37. The molecular formula is C12H23N3O2. The molecule has 0 aromatic carbocycles. The first-order valence-corrected chi connectivity index (χ1v) is 6.68. The Morgan fingerprint density at radius 3 is 2.88 bits per heavy atom. The van der Waals surface area contributed by atoms with Gasteiger partial charge >= 0.3 is 0 Å². The lowest BCUT2D eigenvalue weighted by molar-refractivity contribution is -0.134. The molecule has 0 spiro atoms. The molecule has 2 N–H and O–H groups in total. The molecule has 0 aromatic rings. The van der Waals surface area contributed by atoms with Gasteiger partial charge in [-0.1, -0.05) is 6.42 Å².